The molecular weight excluding hydrogens is 246 g/mol. The maximum absolute atomic E-state index is 4.64. The van der Waals surface area contributed by atoms with Crippen LogP contribution in [0.2, 0.25) is 0 Å². The minimum atomic E-state index is 0.572. The molecule has 0 unspecified atom stereocenters. The molecule has 20 heavy (non-hydrogen) atoms. The highest BCUT2D eigenvalue weighted by molar-refractivity contribution is 5.37. The third-order valence-electron chi connectivity index (χ3n) is 4.84. The Kier molecular flexibility index (Phi) is 4.25. The number of anilines is 1. The molecule has 0 amide bonds. The Hall–Kier alpha value is -1.09. The van der Waals surface area contributed by atoms with E-state index in [1.807, 2.05) is 0 Å². The van der Waals surface area contributed by atoms with Crippen molar-refractivity contribution >= 4 is 5.82 Å². The van der Waals surface area contributed by atoms with Crippen molar-refractivity contribution < 1.29 is 0 Å². The summed E-state index contributed by atoms with van der Waals surface area (Å²) in [5, 5.41) is 3.57. The Labute approximate surface area is 122 Å². The molecule has 1 aliphatic carbocycles. The number of pyridine rings is 1. The SMILES string of the molecule is CC(C)N1CCC[C@H]1c1ccc(NC2CCCC2)nc1. The molecule has 3 rings (SSSR count). The third kappa shape index (κ3) is 2.98. The Morgan fingerprint density at radius 1 is 1.15 bits per heavy atom. The van der Waals surface area contributed by atoms with E-state index in [0.29, 0.717) is 18.1 Å². The van der Waals surface area contributed by atoms with Crippen LogP contribution < -0.4 is 5.32 Å². The van der Waals surface area contributed by atoms with Crippen molar-refractivity contribution in [2.75, 3.05) is 11.9 Å². The number of hydrogen-bond acceptors (Lipinski definition) is 3. The van der Waals surface area contributed by atoms with Gasteiger partial charge in [0.2, 0.25) is 0 Å². The van der Waals surface area contributed by atoms with Crippen LogP contribution in [0.15, 0.2) is 18.3 Å². The Balaban J connectivity index is 1.66. The van der Waals surface area contributed by atoms with Crippen LogP contribution in [0.3, 0.4) is 0 Å². The molecule has 2 aliphatic rings. The predicted molar refractivity (Wildman–Crippen MR) is 83.9 cm³/mol. The van der Waals surface area contributed by atoms with Crippen molar-refractivity contribution in [2.45, 2.75) is 70.5 Å². The Morgan fingerprint density at radius 3 is 2.60 bits per heavy atom. The van der Waals surface area contributed by atoms with Gasteiger partial charge in [0.1, 0.15) is 5.82 Å². The topological polar surface area (TPSA) is 28.2 Å². The lowest BCUT2D eigenvalue weighted by molar-refractivity contribution is 0.205. The second kappa shape index (κ2) is 6.13. The average Bonchev–Trinajstić information content (AvgIpc) is 3.10. The molecule has 3 heteroatoms. The van der Waals surface area contributed by atoms with Gasteiger partial charge in [-0.15, -0.1) is 0 Å². The number of aromatic nitrogens is 1. The lowest BCUT2D eigenvalue weighted by atomic mass is 10.1. The molecule has 1 N–H and O–H groups in total. The van der Waals surface area contributed by atoms with Gasteiger partial charge in [-0.2, -0.15) is 0 Å². The van der Waals surface area contributed by atoms with Crippen LogP contribution in [0.5, 0.6) is 0 Å². The molecule has 3 nitrogen and oxygen atoms in total. The second-order valence-electron chi connectivity index (χ2n) is 6.59. The lowest BCUT2D eigenvalue weighted by Gasteiger charge is -2.28. The molecular formula is C17H27N3. The van der Waals surface area contributed by atoms with E-state index < -0.39 is 0 Å². The molecule has 0 bridgehead atoms. The van der Waals surface area contributed by atoms with E-state index >= 15 is 0 Å². The summed E-state index contributed by atoms with van der Waals surface area (Å²) in [6, 6.07) is 6.29. The van der Waals surface area contributed by atoms with Gasteiger partial charge in [-0.05, 0) is 57.7 Å². The smallest absolute Gasteiger partial charge is 0.126 e. The summed E-state index contributed by atoms with van der Waals surface area (Å²) >= 11 is 0. The minimum Gasteiger partial charge on any atom is -0.367 e. The van der Waals surface area contributed by atoms with Gasteiger partial charge in [0.05, 0.1) is 0 Å². The quantitative estimate of drug-likeness (QED) is 0.899. The fourth-order valence-corrected chi connectivity index (χ4v) is 3.73. The van der Waals surface area contributed by atoms with Gasteiger partial charge in [-0.3, -0.25) is 4.90 Å². The zero-order valence-electron chi connectivity index (χ0n) is 12.8. The zero-order chi connectivity index (χ0) is 13.9. The largest absolute Gasteiger partial charge is 0.367 e. The van der Waals surface area contributed by atoms with Gasteiger partial charge in [0, 0.05) is 24.3 Å². The van der Waals surface area contributed by atoms with E-state index in [-0.39, 0.29) is 0 Å². The maximum atomic E-state index is 4.64. The van der Waals surface area contributed by atoms with E-state index in [2.05, 4.69) is 47.4 Å². The number of nitrogens with zero attached hydrogens (tertiary/aromatic N) is 2. The molecule has 1 saturated heterocycles. The number of rotatable bonds is 4. The van der Waals surface area contributed by atoms with Gasteiger partial charge >= 0.3 is 0 Å². The van der Waals surface area contributed by atoms with Gasteiger partial charge < -0.3 is 5.32 Å². The first kappa shape index (κ1) is 13.9. The van der Waals surface area contributed by atoms with Crippen LogP contribution in [0.25, 0.3) is 0 Å². The van der Waals surface area contributed by atoms with Crippen molar-refractivity contribution in [3.8, 4) is 0 Å². The van der Waals surface area contributed by atoms with E-state index in [1.165, 1.54) is 50.6 Å². The standard InChI is InChI=1S/C17H27N3/c1-13(2)20-11-5-8-16(20)14-9-10-17(18-12-14)19-15-6-3-4-7-15/h9-10,12-13,15-16H,3-8,11H2,1-2H3,(H,18,19)/t16-/m0/s1. The van der Waals surface area contributed by atoms with Crippen LogP contribution in [0, 0.1) is 0 Å². The Morgan fingerprint density at radius 2 is 1.95 bits per heavy atom. The molecule has 1 saturated carbocycles. The zero-order valence-corrected chi connectivity index (χ0v) is 12.8. The highest BCUT2D eigenvalue weighted by Gasteiger charge is 2.27. The van der Waals surface area contributed by atoms with Crippen molar-refractivity contribution in [3.05, 3.63) is 23.9 Å². The summed E-state index contributed by atoms with van der Waals surface area (Å²) in [7, 11) is 0. The predicted octanol–water partition coefficient (Wildman–Crippen LogP) is 3.98. The van der Waals surface area contributed by atoms with Crippen molar-refractivity contribution in [2.24, 2.45) is 0 Å². The highest BCUT2D eigenvalue weighted by Crippen LogP contribution is 2.33. The number of likely N-dealkylation sites (tertiary alicyclic amines) is 1. The molecule has 1 aliphatic heterocycles. The molecule has 110 valence electrons. The maximum Gasteiger partial charge on any atom is 0.126 e. The van der Waals surface area contributed by atoms with Crippen molar-refractivity contribution in [1.82, 2.24) is 9.88 Å². The lowest BCUT2D eigenvalue weighted by Crippen LogP contribution is -2.30. The van der Waals surface area contributed by atoms with E-state index in [1.54, 1.807) is 0 Å². The van der Waals surface area contributed by atoms with E-state index in [4.69, 9.17) is 0 Å². The van der Waals surface area contributed by atoms with E-state index in [0.717, 1.165) is 5.82 Å². The monoisotopic (exact) mass is 273 g/mol. The van der Waals surface area contributed by atoms with Crippen LogP contribution >= 0.6 is 0 Å². The molecule has 0 radical (unpaired) electrons. The first-order valence-electron chi connectivity index (χ1n) is 8.22. The third-order valence-corrected chi connectivity index (χ3v) is 4.84. The normalized spacial score (nSPS) is 24.6. The minimum absolute atomic E-state index is 0.572. The first-order chi connectivity index (χ1) is 9.74. The van der Waals surface area contributed by atoms with Gasteiger partial charge in [0.25, 0.3) is 0 Å². The first-order valence-corrected chi connectivity index (χ1v) is 8.22. The highest BCUT2D eigenvalue weighted by atomic mass is 15.2. The van der Waals surface area contributed by atoms with E-state index in [9.17, 15) is 0 Å². The second-order valence-corrected chi connectivity index (χ2v) is 6.59. The molecule has 2 heterocycles. The van der Waals surface area contributed by atoms with Crippen LogP contribution in [-0.4, -0.2) is 28.5 Å². The number of nitrogens with one attached hydrogen (secondary N) is 1. The van der Waals surface area contributed by atoms with Crippen LogP contribution in [0.1, 0.15) is 64.0 Å². The summed E-state index contributed by atoms with van der Waals surface area (Å²) in [6.07, 6.45) is 9.99. The average molecular weight is 273 g/mol. The fourth-order valence-electron chi connectivity index (χ4n) is 3.73. The summed E-state index contributed by atoms with van der Waals surface area (Å²) in [6.45, 7) is 5.81. The van der Waals surface area contributed by atoms with Crippen molar-refractivity contribution in [3.63, 3.8) is 0 Å². The van der Waals surface area contributed by atoms with Gasteiger partial charge in [-0.25, -0.2) is 4.98 Å². The molecule has 2 fully saturated rings. The van der Waals surface area contributed by atoms with Crippen LogP contribution in [0.4, 0.5) is 5.82 Å². The Bertz CT molecular complexity index is 420. The van der Waals surface area contributed by atoms with Gasteiger partial charge in [0.15, 0.2) is 0 Å². The molecule has 0 spiro atoms. The summed E-state index contributed by atoms with van der Waals surface area (Å²) in [5.41, 5.74) is 1.38. The molecule has 0 aromatic carbocycles. The van der Waals surface area contributed by atoms with Crippen LogP contribution in [-0.2, 0) is 0 Å². The number of hydrogen-bond donors (Lipinski definition) is 1. The summed E-state index contributed by atoms with van der Waals surface area (Å²) in [5.74, 6) is 1.05. The molecule has 1 aromatic rings. The summed E-state index contributed by atoms with van der Waals surface area (Å²) in [4.78, 5) is 7.24. The molecule has 1 aromatic heterocycles. The fraction of sp³-hybridized carbons (Fsp3) is 0.706. The summed E-state index contributed by atoms with van der Waals surface area (Å²) < 4.78 is 0. The van der Waals surface area contributed by atoms with Crippen molar-refractivity contribution in [1.29, 1.82) is 0 Å². The molecule has 1 atom stereocenters. The van der Waals surface area contributed by atoms with Gasteiger partial charge in [-0.1, -0.05) is 18.9 Å².